The average Bonchev–Trinajstić information content (AvgIpc) is 2.91. The molecule has 0 radical (unpaired) electrons. The predicted octanol–water partition coefficient (Wildman–Crippen LogP) is 2.69. The summed E-state index contributed by atoms with van der Waals surface area (Å²) >= 11 is 0. The molecule has 1 N–H and O–H groups in total. The Morgan fingerprint density at radius 2 is 1.58 bits per heavy atom. The minimum Gasteiger partial charge on any atom is -0.497 e. The Kier molecular flexibility index (Phi) is 7.99. The molecule has 0 saturated carbocycles. The number of rotatable bonds is 9. The van der Waals surface area contributed by atoms with Gasteiger partial charge in [0.15, 0.2) is 0 Å². The smallest absolute Gasteiger partial charge is 0.265 e. The van der Waals surface area contributed by atoms with E-state index in [0.29, 0.717) is 5.75 Å². The summed E-state index contributed by atoms with van der Waals surface area (Å²) in [6.07, 6.45) is -0.325. The largest absolute Gasteiger partial charge is 0.497 e. The fraction of sp³-hybridized carbons (Fsp3) is 0.231. The molecule has 9 nitrogen and oxygen atoms in total. The summed E-state index contributed by atoms with van der Waals surface area (Å²) in [6.45, 7) is -0.147. The van der Waals surface area contributed by atoms with Gasteiger partial charge in [0.25, 0.3) is 5.91 Å². The van der Waals surface area contributed by atoms with Crippen molar-refractivity contribution in [3.8, 4) is 5.75 Å². The topological polar surface area (TPSA) is 105 Å². The first-order valence-corrected chi connectivity index (χ1v) is 12.8. The van der Waals surface area contributed by atoms with Crippen molar-refractivity contribution in [1.29, 1.82) is 0 Å². The van der Waals surface area contributed by atoms with Gasteiger partial charge in [0.2, 0.25) is 15.9 Å². The van der Waals surface area contributed by atoms with Crippen LogP contribution in [0.3, 0.4) is 0 Å². The van der Waals surface area contributed by atoms with Crippen molar-refractivity contribution in [1.82, 2.24) is 14.7 Å². The van der Waals surface area contributed by atoms with Gasteiger partial charge in [0.1, 0.15) is 18.4 Å². The van der Waals surface area contributed by atoms with Gasteiger partial charge in [-0.2, -0.15) is 4.31 Å². The Hall–Kier alpha value is -3.73. The van der Waals surface area contributed by atoms with Crippen LogP contribution in [-0.2, 0) is 37.6 Å². The summed E-state index contributed by atoms with van der Waals surface area (Å²) in [6, 6.07) is 23.1. The lowest BCUT2D eigenvalue weighted by Gasteiger charge is -2.36. The van der Waals surface area contributed by atoms with Gasteiger partial charge in [-0.05, 0) is 35.4 Å². The van der Waals surface area contributed by atoms with E-state index in [1.165, 1.54) is 31.4 Å². The molecule has 188 valence electrons. The van der Waals surface area contributed by atoms with Crippen LogP contribution in [0.5, 0.6) is 5.75 Å². The SMILES string of the molecule is COc1ccc(S(=O)(=O)N2CNC(=O)C[C@@H]2C(=O)N(Cc2ccccc2)OCc2ccccc2)cc1. The van der Waals surface area contributed by atoms with Crippen molar-refractivity contribution in [2.75, 3.05) is 13.8 Å². The van der Waals surface area contributed by atoms with Crippen molar-refractivity contribution >= 4 is 21.8 Å². The number of hydroxylamine groups is 2. The van der Waals surface area contributed by atoms with Gasteiger partial charge in [-0.3, -0.25) is 14.4 Å². The number of carbonyl (C=O) groups excluding carboxylic acids is 2. The van der Waals surface area contributed by atoms with Crippen molar-refractivity contribution < 1.29 is 27.6 Å². The molecule has 1 aliphatic rings. The van der Waals surface area contributed by atoms with Gasteiger partial charge >= 0.3 is 0 Å². The van der Waals surface area contributed by atoms with Crippen LogP contribution >= 0.6 is 0 Å². The molecule has 1 saturated heterocycles. The first-order chi connectivity index (χ1) is 17.4. The summed E-state index contributed by atoms with van der Waals surface area (Å²) in [5.74, 6) is -0.546. The van der Waals surface area contributed by atoms with Gasteiger partial charge in [-0.1, -0.05) is 60.7 Å². The van der Waals surface area contributed by atoms with Crippen molar-refractivity contribution in [2.45, 2.75) is 30.5 Å². The highest BCUT2D eigenvalue weighted by atomic mass is 32.2. The molecular weight excluding hydrogens is 482 g/mol. The minimum absolute atomic E-state index is 0.0166. The van der Waals surface area contributed by atoms with Crippen LogP contribution in [0.4, 0.5) is 0 Å². The predicted molar refractivity (Wildman–Crippen MR) is 132 cm³/mol. The maximum atomic E-state index is 13.8. The number of ether oxygens (including phenoxy) is 1. The zero-order valence-corrected chi connectivity index (χ0v) is 20.6. The molecule has 0 spiro atoms. The summed E-state index contributed by atoms with van der Waals surface area (Å²) in [5.41, 5.74) is 1.64. The fourth-order valence-corrected chi connectivity index (χ4v) is 5.29. The highest BCUT2D eigenvalue weighted by Crippen LogP contribution is 2.25. The van der Waals surface area contributed by atoms with Crippen LogP contribution in [0.2, 0.25) is 0 Å². The summed E-state index contributed by atoms with van der Waals surface area (Å²) in [5, 5.41) is 3.67. The van der Waals surface area contributed by atoms with E-state index >= 15 is 0 Å². The Balaban J connectivity index is 1.63. The lowest BCUT2D eigenvalue weighted by molar-refractivity contribution is -0.200. The van der Waals surface area contributed by atoms with Crippen LogP contribution in [-0.4, -0.2) is 49.4 Å². The van der Waals surface area contributed by atoms with E-state index in [1.807, 2.05) is 60.7 Å². The van der Waals surface area contributed by atoms with Gasteiger partial charge in [-0.25, -0.2) is 13.5 Å². The molecule has 4 rings (SSSR count). The number of methoxy groups -OCH3 is 1. The molecule has 3 aromatic carbocycles. The minimum atomic E-state index is -4.12. The Morgan fingerprint density at radius 3 is 2.19 bits per heavy atom. The molecule has 1 fully saturated rings. The zero-order chi connectivity index (χ0) is 25.5. The Bertz CT molecular complexity index is 1280. The summed E-state index contributed by atoms with van der Waals surface area (Å²) < 4.78 is 33.1. The van der Waals surface area contributed by atoms with Crippen LogP contribution in [0.25, 0.3) is 0 Å². The highest BCUT2D eigenvalue weighted by Gasteiger charge is 2.42. The van der Waals surface area contributed by atoms with Crippen molar-refractivity contribution in [3.63, 3.8) is 0 Å². The molecule has 2 amide bonds. The molecular formula is C26H27N3O6S. The molecule has 0 aliphatic carbocycles. The van der Waals surface area contributed by atoms with Crippen molar-refractivity contribution in [3.05, 3.63) is 96.1 Å². The monoisotopic (exact) mass is 509 g/mol. The lowest BCUT2D eigenvalue weighted by Crippen LogP contribution is -2.59. The Labute approximate surface area is 210 Å². The summed E-state index contributed by atoms with van der Waals surface area (Å²) in [7, 11) is -2.64. The van der Waals surface area contributed by atoms with Gasteiger partial charge in [0.05, 0.1) is 31.6 Å². The maximum Gasteiger partial charge on any atom is 0.265 e. The number of amides is 2. The number of nitrogens with zero attached hydrogens (tertiary/aromatic N) is 2. The van der Waals surface area contributed by atoms with Gasteiger partial charge in [-0.15, -0.1) is 0 Å². The van der Waals surface area contributed by atoms with E-state index in [-0.39, 0.29) is 31.1 Å². The third-order valence-electron chi connectivity index (χ3n) is 5.75. The third-order valence-corrected chi connectivity index (χ3v) is 7.62. The zero-order valence-electron chi connectivity index (χ0n) is 19.7. The van der Waals surface area contributed by atoms with E-state index in [0.717, 1.165) is 20.5 Å². The maximum absolute atomic E-state index is 13.8. The quantitative estimate of drug-likeness (QED) is 0.445. The van der Waals surface area contributed by atoms with Crippen molar-refractivity contribution in [2.24, 2.45) is 0 Å². The number of nitrogens with one attached hydrogen (secondary N) is 1. The van der Waals surface area contributed by atoms with Crippen LogP contribution < -0.4 is 10.1 Å². The van der Waals surface area contributed by atoms with Crippen LogP contribution in [0, 0.1) is 0 Å². The van der Waals surface area contributed by atoms with Gasteiger partial charge < -0.3 is 10.1 Å². The normalized spacial score (nSPS) is 16.2. The Morgan fingerprint density at radius 1 is 0.972 bits per heavy atom. The molecule has 0 unspecified atom stereocenters. The number of sulfonamides is 1. The molecule has 0 bridgehead atoms. The summed E-state index contributed by atoms with van der Waals surface area (Å²) in [4.78, 5) is 31.9. The molecule has 1 atom stereocenters. The van der Waals surface area contributed by atoms with Crippen LogP contribution in [0.1, 0.15) is 17.5 Å². The number of carbonyl (C=O) groups is 2. The van der Waals surface area contributed by atoms with E-state index in [4.69, 9.17) is 9.57 Å². The molecule has 36 heavy (non-hydrogen) atoms. The number of hydrogen-bond acceptors (Lipinski definition) is 6. The average molecular weight is 510 g/mol. The highest BCUT2D eigenvalue weighted by molar-refractivity contribution is 7.89. The molecule has 0 aromatic heterocycles. The second-order valence-electron chi connectivity index (χ2n) is 8.17. The number of benzene rings is 3. The van der Waals surface area contributed by atoms with E-state index in [9.17, 15) is 18.0 Å². The van der Waals surface area contributed by atoms with E-state index in [1.54, 1.807) is 0 Å². The molecule has 3 aromatic rings. The van der Waals surface area contributed by atoms with E-state index < -0.39 is 27.9 Å². The first kappa shape index (κ1) is 25.4. The second-order valence-corrected chi connectivity index (χ2v) is 10.1. The standard InChI is InChI=1S/C26H27N3O6S/c1-34-22-12-14-23(15-13-22)36(32,33)29-19-27-25(30)16-24(29)26(31)28(17-20-8-4-2-5-9-20)35-18-21-10-6-3-7-11-21/h2-15,24H,16-19H2,1H3,(H,27,30)/t24-/m1/s1. The fourth-order valence-electron chi connectivity index (χ4n) is 3.80. The second kappa shape index (κ2) is 11.3. The molecule has 10 heteroatoms. The first-order valence-electron chi connectivity index (χ1n) is 11.3. The lowest BCUT2D eigenvalue weighted by atomic mass is 10.1. The number of hydrogen-bond donors (Lipinski definition) is 1. The molecule has 1 heterocycles. The van der Waals surface area contributed by atoms with E-state index in [2.05, 4.69) is 5.32 Å². The molecule has 1 aliphatic heterocycles. The van der Waals surface area contributed by atoms with Crippen LogP contribution in [0.15, 0.2) is 89.8 Å². The van der Waals surface area contributed by atoms with Gasteiger partial charge in [0, 0.05) is 0 Å². The third kappa shape index (κ3) is 5.91.